The highest BCUT2D eigenvalue weighted by Crippen LogP contribution is 2.46. The quantitative estimate of drug-likeness (QED) is 0.00445. The summed E-state index contributed by atoms with van der Waals surface area (Å²) in [6.45, 7) is -3.00. The highest BCUT2D eigenvalue weighted by molar-refractivity contribution is 5.93. The van der Waals surface area contributed by atoms with Crippen LogP contribution in [-0.2, 0) is 66.9 Å². The van der Waals surface area contributed by atoms with Crippen molar-refractivity contribution in [2.75, 3.05) is 19.8 Å². The van der Waals surface area contributed by atoms with E-state index < -0.39 is 246 Å². The van der Waals surface area contributed by atoms with E-state index in [0.29, 0.717) is 5.56 Å². The van der Waals surface area contributed by atoms with Gasteiger partial charge in [0.25, 0.3) is 0 Å². The number of hydrogen-bond acceptors (Lipinski definition) is 33. The van der Waals surface area contributed by atoms with Crippen LogP contribution in [0.1, 0.15) is 29.2 Å². The number of carbonyl (C=O) groups is 5. The van der Waals surface area contributed by atoms with Gasteiger partial charge in [0.2, 0.25) is 25.3 Å². The molecule has 36 nitrogen and oxygen atoms in total. The summed E-state index contributed by atoms with van der Waals surface area (Å²) in [6, 6.07) is 11.3. The molecule has 3 fully saturated rings. The normalized spacial score (nSPS) is 26.9. The summed E-state index contributed by atoms with van der Waals surface area (Å²) >= 11 is 0. The van der Waals surface area contributed by atoms with Crippen LogP contribution in [0.15, 0.2) is 88.1 Å². The average molecular weight is 1330 g/mol. The molecule has 19 N–H and O–H groups in total. The SMILES string of the molecule is O=C(C=Cc1ccc(O)c(O)c1)O[C@H]1[C@H](OO[C@@H]2[C@@H](O)[C@@H](O)[C@@H](COC(=O)CC(=O)OC(C(=O)O)C(O)C(=O)O)O[C@H]2c2cc3c(=O)cc(O[C@@H]4O[C@H](COC(=[OH+])C=Cc5ccc(O)c(O)c5)[C@@H](O)[C@H](O)[C@H]4O)cc-3oc2-c2cc(O)c(O)c(O)c2)O[C@H](CO)[C@@H](O)[C@@H]1O. The first-order chi connectivity index (χ1) is 44.4. The minimum atomic E-state index is -2.81. The number of esters is 4. The Balaban J connectivity index is 1.14. The summed E-state index contributed by atoms with van der Waals surface area (Å²) in [5.41, 5.74) is -2.15. The largest absolute Gasteiger partial charge is 0.510 e. The highest BCUT2D eigenvalue weighted by Gasteiger charge is 2.53. The van der Waals surface area contributed by atoms with Gasteiger partial charge in [-0.25, -0.2) is 19.3 Å². The Morgan fingerprint density at radius 3 is 1.77 bits per heavy atom. The van der Waals surface area contributed by atoms with E-state index in [1.54, 1.807) is 0 Å². The minimum Gasteiger partial charge on any atom is -0.504 e. The van der Waals surface area contributed by atoms with Gasteiger partial charge in [-0.2, -0.15) is 4.89 Å². The Morgan fingerprint density at radius 1 is 0.585 bits per heavy atom. The van der Waals surface area contributed by atoms with Crippen LogP contribution in [0.25, 0.3) is 34.8 Å². The third-order valence-electron chi connectivity index (χ3n) is 14.4. The number of aliphatic hydroxyl groups excluding tert-OH is 9. The third-order valence-corrected chi connectivity index (χ3v) is 14.4. The molecule has 4 heterocycles. The molecular weight excluding hydrogens is 1270 g/mol. The molecule has 506 valence electrons. The molecule has 17 atom stereocenters. The van der Waals surface area contributed by atoms with E-state index in [0.717, 1.165) is 72.8 Å². The fourth-order valence-corrected chi connectivity index (χ4v) is 9.45. The summed E-state index contributed by atoms with van der Waals surface area (Å²) < 4.78 is 49.6. The van der Waals surface area contributed by atoms with Crippen molar-refractivity contribution < 1.29 is 173 Å². The van der Waals surface area contributed by atoms with Crippen molar-refractivity contribution in [3.05, 3.63) is 106 Å². The second-order valence-electron chi connectivity index (χ2n) is 20.9. The number of carboxylic acid groups (broad SMARTS) is 2. The molecule has 5 aliphatic rings. The summed E-state index contributed by atoms with van der Waals surface area (Å²) in [4.78, 5) is 97.5. The molecule has 36 heteroatoms. The van der Waals surface area contributed by atoms with Crippen LogP contribution in [-0.4, -0.2) is 250 Å². The van der Waals surface area contributed by atoms with Gasteiger partial charge in [0, 0.05) is 29.3 Å². The van der Waals surface area contributed by atoms with Gasteiger partial charge in [0.05, 0.1) is 18.2 Å². The molecule has 0 aromatic heterocycles. The summed E-state index contributed by atoms with van der Waals surface area (Å²) in [7, 11) is 0. The van der Waals surface area contributed by atoms with Crippen LogP contribution < -0.4 is 10.2 Å². The van der Waals surface area contributed by atoms with Crippen molar-refractivity contribution in [2.45, 2.75) is 111 Å². The lowest BCUT2D eigenvalue weighted by atomic mass is 9.88. The molecule has 4 aliphatic heterocycles. The first kappa shape index (κ1) is 70.1. The molecule has 8 rings (SSSR count). The van der Waals surface area contributed by atoms with Crippen LogP contribution in [0.2, 0.25) is 0 Å². The average Bonchev–Trinajstić information content (AvgIpc) is 0.760. The smallest absolute Gasteiger partial charge is 0.504 e. The summed E-state index contributed by atoms with van der Waals surface area (Å²) in [6.07, 6.45) is -34.3. The lowest BCUT2D eigenvalue weighted by molar-refractivity contribution is -0.460. The number of carbonyl (C=O) groups excluding carboxylic acids is 4. The Labute approximate surface area is 524 Å². The topological polar surface area (TPSA) is 593 Å². The zero-order chi connectivity index (χ0) is 68.7. The van der Waals surface area contributed by atoms with E-state index in [4.69, 9.17) is 52.5 Å². The van der Waals surface area contributed by atoms with E-state index in [-0.39, 0.29) is 5.56 Å². The van der Waals surface area contributed by atoms with Crippen molar-refractivity contribution in [2.24, 2.45) is 0 Å². The number of phenolic OH excluding ortho intramolecular Hbond substituents is 7. The molecule has 1 aliphatic carbocycles. The van der Waals surface area contributed by atoms with Crippen LogP contribution in [0.3, 0.4) is 0 Å². The molecule has 0 amide bonds. The Morgan fingerprint density at radius 2 is 1.16 bits per heavy atom. The van der Waals surface area contributed by atoms with E-state index in [1.807, 2.05) is 0 Å². The number of fused-ring (bicyclic) bond motifs is 1. The van der Waals surface area contributed by atoms with Crippen molar-refractivity contribution in [3.8, 4) is 68.6 Å². The van der Waals surface area contributed by atoms with Gasteiger partial charge in [-0.1, -0.05) is 12.1 Å². The van der Waals surface area contributed by atoms with Crippen LogP contribution >= 0.6 is 0 Å². The molecule has 94 heavy (non-hydrogen) atoms. The maximum atomic E-state index is 14.3. The maximum Gasteiger partial charge on any atom is 0.510 e. The highest BCUT2D eigenvalue weighted by atomic mass is 17.2. The van der Waals surface area contributed by atoms with Gasteiger partial charge >= 0.3 is 35.8 Å². The summed E-state index contributed by atoms with van der Waals surface area (Å²) in [5, 5.41) is 187. The fourth-order valence-electron chi connectivity index (χ4n) is 9.45. The number of ether oxygens (including phenoxy) is 8. The second kappa shape index (κ2) is 29.9. The summed E-state index contributed by atoms with van der Waals surface area (Å²) in [5.74, 6) is -16.6. The van der Waals surface area contributed by atoms with Gasteiger partial charge in [0.15, 0.2) is 70.1 Å². The Bertz CT molecular complexity index is 3670. The molecule has 3 aromatic rings. The van der Waals surface area contributed by atoms with Gasteiger partial charge in [-0.3, -0.25) is 14.4 Å². The number of hydrogen-bond donors (Lipinski definition) is 18. The lowest BCUT2D eigenvalue weighted by Gasteiger charge is -2.44. The molecule has 2 unspecified atom stereocenters. The van der Waals surface area contributed by atoms with E-state index in [2.05, 4.69) is 4.74 Å². The molecule has 3 saturated heterocycles. The van der Waals surface area contributed by atoms with Crippen molar-refractivity contribution >= 4 is 48.0 Å². The molecule has 0 radical (unpaired) electrons. The molecular formula is C58H59O36+. The minimum absolute atomic E-state index is 0.127. The zero-order valence-electron chi connectivity index (χ0n) is 47.7. The second-order valence-corrected chi connectivity index (χ2v) is 20.9. The number of carboxylic acids is 2. The first-order valence-corrected chi connectivity index (χ1v) is 27.4. The predicted molar refractivity (Wildman–Crippen MR) is 300 cm³/mol. The van der Waals surface area contributed by atoms with Crippen LogP contribution in [0.4, 0.5) is 0 Å². The van der Waals surface area contributed by atoms with E-state index >= 15 is 0 Å². The number of aliphatic carboxylic acids is 2. The molecule has 0 bridgehead atoms. The number of rotatable bonds is 23. The van der Waals surface area contributed by atoms with Crippen molar-refractivity contribution in [3.63, 3.8) is 0 Å². The lowest BCUT2D eigenvalue weighted by Crippen LogP contribution is -2.61. The van der Waals surface area contributed by atoms with Gasteiger partial charge < -0.3 is 139 Å². The predicted octanol–water partition coefficient (Wildman–Crippen LogP) is -3.31. The third kappa shape index (κ3) is 16.2. The van der Waals surface area contributed by atoms with Crippen LogP contribution in [0.5, 0.6) is 46.0 Å². The number of aromatic hydroxyl groups is 7. The number of aliphatic hydroxyl groups is 9. The Kier molecular flexibility index (Phi) is 22.3. The van der Waals surface area contributed by atoms with Gasteiger partial charge in [-0.15, -0.1) is 0 Å². The van der Waals surface area contributed by atoms with Crippen molar-refractivity contribution in [1.29, 1.82) is 0 Å². The van der Waals surface area contributed by atoms with E-state index in [1.165, 1.54) is 18.2 Å². The monoisotopic (exact) mass is 1330 g/mol. The first-order valence-electron chi connectivity index (χ1n) is 27.4. The molecule has 0 saturated carbocycles. The number of phenols is 7. The number of benzene rings is 4. The Hall–Kier alpha value is -9.77. The van der Waals surface area contributed by atoms with Crippen molar-refractivity contribution in [1.82, 2.24) is 0 Å². The van der Waals surface area contributed by atoms with Gasteiger partial charge in [-0.05, 0) is 65.7 Å². The maximum absolute atomic E-state index is 14.3. The standard InChI is InChI=1S/C58H58O36/c59-17-34-42(72)47(77)54(91-38(68)8-4-21-2-6-27(61)30(64)10-21)58(89-34)94-93-52-46(76)44(74)35(18-85-39(69)16-40(70)92-53(56(82)83)49(79)55(80)81)88-51(52)25-15-24-28(62)13-23(14-33(24)87-50(25)22-11-31(65)41(71)32(66)12-22)86-57-48(78)45(75)43(73)36(90-57)19-84-37(67)7-3-20-1-5-26(60)29(63)9-20/h1-15,34-36,42-49,51-54,57-61,63-66,71-79H,16-19H2,(H,80,81)(H,82,83)/p+1/t34-,35-,36-,42-,43-,44+,45+,46+,47+,48-,49?,51+,52-,53?,54-,57-,58+/m1/s1. The zero-order valence-corrected chi connectivity index (χ0v) is 47.7. The van der Waals surface area contributed by atoms with Gasteiger partial charge in [0.1, 0.15) is 91.3 Å². The van der Waals surface area contributed by atoms with E-state index in [9.17, 15) is 120 Å². The van der Waals surface area contributed by atoms with Crippen LogP contribution in [0, 0.1) is 0 Å². The fraction of sp³-hybridized carbons (Fsp3) is 0.362. The molecule has 3 aromatic carbocycles. The molecule has 0 spiro atoms.